The number of carbonyl (C=O) groups is 1. The van der Waals surface area contributed by atoms with Crippen LogP contribution in [0.2, 0.25) is 0 Å². The summed E-state index contributed by atoms with van der Waals surface area (Å²) in [6.07, 6.45) is 0. The molecule has 2 aromatic carbocycles. The number of anilines is 1. The molecule has 0 saturated carbocycles. The summed E-state index contributed by atoms with van der Waals surface area (Å²) in [6.45, 7) is 5.85. The SMILES string of the molecule is CC(C)(C)C(=O)N(Cc1csc(-c2cccc(O)c2)n1)c1ccc(F)cc1. The molecule has 0 aliphatic carbocycles. The van der Waals surface area contributed by atoms with Gasteiger partial charge in [-0.1, -0.05) is 32.9 Å². The summed E-state index contributed by atoms with van der Waals surface area (Å²) >= 11 is 1.45. The third kappa shape index (κ3) is 4.52. The van der Waals surface area contributed by atoms with Crippen LogP contribution in [0.3, 0.4) is 0 Å². The van der Waals surface area contributed by atoms with Crippen molar-refractivity contribution in [1.29, 1.82) is 0 Å². The summed E-state index contributed by atoms with van der Waals surface area (Å²) in [4.78, 5) is 19.2. The van der Waals surface area contributed by atoms with Gasteiger partial charge >= 0.3 is 0 Å². The number of halogens is 1. The van der Waals surface area contributed by atoms with E-state index >= 15 is 0 Å². The number of amides is 1. The van der Waals surface area contributed by atoms with Crippen LogP contribution in [0, 0.1) is 11.2 Å². The van der Waals surface area contributed by atoms with E-state index in [-0.39, 0.29) is 24.0 Å². The molecule has 27 heavy (non-hydrogen) atoms. The smallest absolute Gasteiger partial charge is 0.232 e. The average Bonchev–Trinajstić information content (AvgIpc) is 3.08. The van der Waals surface area contributed by atoms with Gasteiger partial charge in [-0.2, -0.15) is 0 Å². The second kappa shape index (κ2) is 7.48. The van der Waals surface area contributed by atoms with Crippen LogP contribution in [0.25, 0.3) is 10.6 Å². The highest BCUT2D eigenvalue weighted by Gasteiger charge is 2.29. The molecule has 0 fully saturated rings. The Hall–Kier alpha value is -2.73. The van der Waals surface area contributed by atoms with Crippen LogP contribution in [-0.2, 0) is 11.3 Å². The summed E-state index contributed by atoms with van der Waals surface area (Å²) in [6, 6.07) is 12.8. The largest absolute Gasteiger partial charge is 0.508 e. The Morgan fingerprint density at radius 3 is 2.52 bits per heavy atom. The molecular formula is C21H21FN2O2S. The van der Waals surface area contributed by atoms with Gasteiger partial charge in [-0.3, -0.25) is 4.79 Å². The first-order chi connectivity index (χ1) is 12.7. The molecule has 4 nitrogen and oxygen atoms in total. The van der Waals surface area contributed by atoms with Gasteiger partial charge in [0, 0.05) is 22.0 Å². The minimum absolute atomic E-state index is 0.0685. The van der Waals surface area contributed by atoms with E-state index in [1.54, 1.807) is 35.2 Å². The number of thiazole rings is 1. The molecule has 1 heterocycles. The van der Waals surface area contributed by atoms with Crippen LogP contribution < -0.4 is 4.90 Å². The second-order valence-corrected chi connectivity index (χ2v) is 8.17. The summed E-state index contributed by atoms with van der Waals surface area (Å²) in [5.74, 6) is -0.233. The highest BCUT2D eigenvalue weighted by Crippen LogP contribution is 2.29. The van der Waals surface area contributed by atoms with Gasteiger partial charge in [-0.25, -0.2) is 9.37 Å². The van der Waals surface area contributed by atoms with E-state index in [1.165, 1.54) is 23.5 Å². The van der Waals surface area contributed by atoms with Gasteiger partial charge in [-0.15, -0.1) is 11.3 Å². The van der Waals surface area contributed by atoms with Gasteiger partial charge in [0.1, 0.15) is 16.6 Å². The van der Waals surface area contributed by atoms with Crippen molar-refractivity contribution < 1.29 is 14.3 Å². The lowest BCUT2D eigenvalue weighted by molar-refractivity contribution is -0.125. The number of hydrogen-bond acceptors (Lipinski definition) is 4. The molecular weight excluding hydrogens is 363 g/mol. The molecule has 0 radical (unpaired) electrons. The van der Waals surface area contributed by atoms with Crippen molar-refractivity contribution in [1.82, 2.24) is 4.98 Å². The Balaban J connectivity index is 1.90. The number of aromatic hydroxyl groups is 1. The Morgan fingerprint density at radius 1 is 1.19 bits per heavy atom. The van der Waals surface area contributed by atoms with Crippen molar-refractivity contribution in [3.8, 4) is 16.3 Å². The Bertz CT molecular complexity index is 945. The molecule has 3 rings (SSSR count). The van der Waals surface area contributed by atoms with Gasteiger partial charge < -0.3 is 10.0 Å². The summed E-state index contributed by atoms with van der Waals surface area (Å²) < 4.78 is 13.3. The number of aromatic nitrogens is 1. The maximum Gasteiger partial charge on any atom is 0.232 e. The fourth-order valence-corrected chi connectivity index (χ4v) is 3.43. The second-order valence-electron chi connectivity index (χ2n) is 7.31. The lowest BCUT2D eigenvalue weighted by Gasteiger charge is -2.29. The molecule has 0 aliphatic heterocycles. The first-order valence-corrected chi connectivity index (χ1v) is 9.43. The van der Waals surface area contributed by atoms with E-state index in [2.05, 4.69) is 4.98 Å². The molecule has 0 saturated heterocycles. The molecule has 0 unspecified atom stereocenters. The average molecular weight is 384 g/mol. The van der Waals surface area contributed by atoms with Crippen LogP contribution in [-0.4, -0.2) is 16.0 Å². The van der Waals surface area contributed by atoms with E-state index in [0.29, 0.717) is 5.69 Å². The van der Waals surface area contributed by atoms with Crippen molar-refractivity contribution >= 4 is 22.9 Å². The van der Waals surface area contributed by atoms with Gasteiger partial charge in [0.25, 0.3) is 0 Å². The quantitative estimate of drug-likeness (QED) is 0.670. The number of phenolic OH excluding ortho intramolecular Hbond substituents is 1. The number of rotatable bonds is 4. The third-order valence-electron chi connectivity index (χ3n) is 3.99. The van der Waals surface area contributed by atoms with Gasteiger partial charge in [0.2, 0.25) is 5.91 Å². The summed E-state index contributed by atoms with van der Waals surface area (Å²) in [5.41, 5.74) is 1.60. The van der Waals surface area contributed by atoms with Crippen molar-refractivity contribution in [3.05, 3.63) is 65.4 Å². The fourth-order valence-electron chi connectivity index (χ4n) is 2.62. The zero-order valence-electron chi connectivity index (χ0n) is 15.4. The number of benzene rings is 2. The Morgan fingerprint density at radius 2 is 1.89 bits per heavy atom. The molecule has 0 aliphatic rings. The molecule has 6 heteroatoms. The predicted octanol–water partition coefficient (Wildman–Crippen LogP) is 5.23. The summed E-state index contributed by atoms with van der Waals surface area (Å²) in [5, 5.41) is 12.3. The van der Waals surface area contributed by atoms with Crippen molar-refractivity contribution in [2.24, 2.45) is 5.41 Å². The van der Waals surface area contributed by atoms with E-state index in [9.17, 15) is 14.3 Å². The fraction of sp³-hybridized carbons (Fsp3) is 0.238. The normalized spacial score (nSPS) is 11.4. The van der Waals surface area contributed by atoms with Crippen molar-refractivity contribution in [2.75, 3.05) is 4.90 Å². The molecule has 1 aromatic heterocycles. The van der Waals surface area contributed by atoms with Gasteiger partial charge in [0.05, 0.1) is 12.2 Å². The Kier molecular flexibility index (Phi) is 5.28. The Labute approximate surface area is 161 Å². The first kappa shape index (κ1) is 19.0. The summed E-state index contributed by atoms with van der Waals surface area (Å²) in [7, 11) is 0. The standard InChI is InChI=1S/C21H21FN2O2S/c1-21(2,3)20(26)24(17-9-7-15(22)8-10-17)12-16-13-27-19(23-16)14-5-4-6-18(25)11-14/h4-11,13,25H,12H2,1-3H3. The van der Waals surface area contributed by atoms with Gasteiger partial charge in [-0.05, 0) is 36.4 Å². The number of hydrogen-bond donors (Lipinski definition) is 1. The van der Waals surface area contributed by atoms with Crippen LogP contribution in [0.15, 0.2) is 53.9 Å². The van der Waals surface area contributed by atoms with E-state index < -0.39 is 5.41 Å². The topological polar surface area (TPSA) is 53.4 Å². The van der Waals surface area contributed by atoms with E-state index in [4.69, 9.17) is 0 Å². The minimum atomic E-state index is -0.585. The zero-order chi connectivity index (χ0) is 19.6. The maximum absolute atomic E-state index is 13.3. The lowest BCUT2D eigenvalue weighted by Crippen LogP contribution is -2.39. The monoisotopic (exact) mass is 384 g/mol. The molecule has 1 amide bonds. The molecule has 0 bridgehead atoms. The van der Waals surface area contributed by atoms with Crippen molar-refractivity contribution in [2.45, 2.75) is 27.3 Å². The first-order valence-electron chi connectivity index (χ1n) is 8.55. The zero-order valence-corrected chi connectivity index (χ0v) is 16.3. The van der Waals surface area contributed by atoms with Crippen LogP contribution in [0.5, 0.6) is 5.75 Å². The van der Waals surface area contributed by atoms with Crippen LogP contribution in [0.1, 0.15) is 26.5 Å². The third-order valence-corrected chi connectivity index (χ3v) is 4.93. The van der Waals surface area contributed by atoms with Crippen molar-refractivity contribution in [3.63, 3.8) is 0 Å². The lowest BCUT2D eigenvalue weighted by atomic mass is 9.94. The molecule has 3 aromatic rings. The number of phenols is 1. The minimum Gasteiger partial charge on any atom is -0.508 e. The molecule has 0 atom stereocenters. The predicted molar refractivity (Wildman–Crippen MR) is 106 cm³/mol. The number of nitrogens with zero attached hydrogens (tertiary/aromatic N) is 2. The molecule has 1 N–H and O–H groups in total. The van der Waals surface area contributed by atoms with E-state index in [1.807, 2.05) is 32.2 Å². The highest BCUT2D eigenvalue weighted by atomic mass is 32.1. The van der Waals surface area contributed by atoms with Gasteiger partial charge in [0.15, 0.2) is 0 Å². The number of carbonyl (C=O) groups excluding carboxylic acids is 1. The van der Waals surface area contributed by atoms with Crippen LogP contribution >= 0.6 is 11.3 Å². The molecule has 0 spiro atoms. The highest BCUT2D eigenvalue weighted by molar-refractivity contribution is 7.13. The van der Waals surface area contributed by atoms with E-state index in [0.717, 1.165) is 16.3 Å². The molecule has 140 valence electrons. The maximum atomic E-state index is 13.3. The van der Waals surface area contributed by atoms with Crippen LogP contribution in [0.4, 0.5) is 10.1 Å².